The molecule has 1 heterocycles. The first-order valence-electron chi connectivity index (χ1n) is 13.2. The van der Waals surface area contributed by atoms with Crippen LogP contribution in [0.4, 0.5) is 0 Å². The van der Waals surface area contributed by atoms with Gasteiger partial charge in [-0.3, -0.25) is 10.2 Å². The molecule has 2 atom stereocenters. The number of carbonyl (C=O) groups excluding carboxylic acids is 1. The highest BCUT2D eigenvalue weighted by Crippen LogP contribution is 2.33. The second kappa shape index (κ2) is 15.1. The van der Waals surface area contributed by atoms with Crippen LogP contribution in [0.3, 0.4) is 0 Å². The Morgan fingerprint density at radius 3 is 2.62 bits per heavy atom. The van der Waals surface area contributed by atoms with Gasteiger partial charge in [-0.1, -0.05) is 29.4 Å². The standard InChI is InChI=1S/C28H38N6O5/c1-20(2)37-16-6-14-30-33-27(36)28(18-23-8-4-5-9-24(23)19-31-34-29)21(3)39-26(32-28)22-10-12-25(13-11-22)38-17-7-15-35/h4-5,8-13,20-21,30,35H,6-7,14-19H2,1-3H3,(H,33,36)/t21-,28-/m0/s1. The summed E-state index contributed by atoms with van der Waals surface area (Å²) in [6.45, 7) is 7.56. The fourth-order valence-corrected chi connectivity index (χ4v) is 4.16. The predicted octanol–water partition coefficient (Wildman–Crippen LogP) is 3.84. The van der Waals surface area contributed by atoms with Crippen LogP contribution in [0.1, 0.15) is 50.3 Å². The van der Waals surface area contributed by atoms with Gasteiger partial charge in [0, 0.05) is 43.1 Å². The van der Waals surface area contributed by atoms with Gasteiger partial charge in [0.25, 0.3) is 5.91 Å². The average molecular weight is 539 g/mol. The van der Waals surface area contributed by atoms with Crippen molar-refractivity contribution in [3.05, 3.63) is 75.7 Å². The molecule has 2 aromatic rings. The van der Waals surface area contributed by atoms with Crippen LogP contribution < -0.4 is 15.6 Å². The molecule has 0 spiro atoms. The molecule has 0 bridgehead atoms. The minimum Gasteiger partial charge on any atom is -0.494 e. The summed E-state index contributed by atoms with van der Waals surface area (Å²) < 4.78 is 17.4. The largest absolute Gasteiger partial charge is 0.494 e. The van der Waals surface area contributed by atoms with E-state index in [2.05, 4.69) is 20.9 Å². The maximum absolute atomic E-state index is 13.7. The first-order chi connectivity index (χ1) is 18.9. The van der Waals surface area contributed by atoms with Crippen molar-refractivity contribution in [2.75, 3.05) is 26.4 Å². The minimum absolute atomic E-state index is 0.0668. The number of ether oxygens (including phenoxy) is 3. The molecule has 3 N–H and O–H groups in total. The lowest BCUT2D eigenvalue weighted by Crippen LogP contribution is -2.56. The Hall–Kier alpha value is -3.63. The molecule has 210 valence electrons. The van der Waals surface area contributed by atoms with Crippen molar-refractivity contribution in [3.63, 3.8) is 0 Å². The minimum atomic E-state index is -1.26. The van der Waals surface area contributed by atoms with Crippen molar-refractivity contribution in [1.82, 2.24) is 10.9 Å². The van der Waals surface area contributed by atoms with Crippen LogP contribution in [0.15, 0.2) is 58.6 Å². The van der Waals surface area contributed by atoms with Crippen LogP contribution in [0, 0.1) is 0 Å². The smallest absolute Gasteiger partial charge is 0.266 e. The zero-order valence-corrected chi connectivity index (χ0v) is 22.8. The molecular formula is C28H38N6O5. The predicted molar refractivity (Wildman–Crippen MR) is 148 cm³/mol. The summed E-state index contributed by atoms with van der Waals surface area (Å²) >= 11 is 0. The molecule has 1 amide bonds. The molecule has 0 fully saturated rings. The molecular weight excluding hydrogens is 500 g/mol. The molecule has 0 radical (unpaired) electrons. The topological polar surface area (TPSA) is 150 Å². The van der Waals surface area contributed by atoms with Crippen molar-refractivity contribution >= 4 is 11.8 Å². The SMILES string of the molecule is CC(C)OCCCNNC(=O)[C@@]1(Cc2ccccc2CN=[N+]=[N-])N=C(c2ccc(OCCCO)cc2)O[C@H]1C. The van der Waals surface area contributed by atoms with Crippen LogP contribution in [-0.4, -0.2) is 61.0 Å². The summed E-state index contributed by atoms with van der Waals surface area (Å²) in [5.74, 6) is 0.704. The molecule has 11 nitrogen and oxygen atoms in total. The third-order valence-corrected chi connectivity index (χ3v) is 6.31. The van der Waals surface area contributed by atoms with Gasteiger partial charge in [0.05, 0.1) is 19.3 Å². The lowest BCUT2D eigenvalue weighted by atomic mass is 9.84. The van der Waals surface area contributed by atoms with Crippen molar-refractivity contribution in [2.24, 2.45) is 10.1 Å². The van der Waals surface area contributed by atoms with E-state index in [0.29, 0.717) is 43.4 Å². The van der Waals surface area contributed by atoms with E-state index in [-0.39, 0.29) is 31.6 Å². The number of aliphatic imine (C=N–C) groups is 1. The Bertz CT molecular complexity index is 1150. The monoisotopic (exact) mass is 538 g/mol. The second-order valence-corrected chi connectivity index (χ2v) is 9.54. The maximum atomic E-state index is 13.7. The number of hydrogen-bond acceptors (Lipinski definition) is 8. The highest BCUT2D eigenvalue weighted by atomic mass is 16.5. The molecule has 0 aromatic heterocycles. The van der Waals surface area contributed by atoms with Gasteiger partial charge in [-0.05, 0) is 68.1 Å². The molecule has 1 aliphatic rings. The Balaban J connectivity index is 1.84. The zero-order valence-electron chi connectivity index (χ0n) is 22.8. The normalized spacial score (nSPS) is 18.3. The van der Waals surface area contributed by atoms with E-state index in [1.54, 1.807) is 12.1 Å². The van der Waals surface area contributed by atoms with Crippen LogP contribution >= 0.6 is 0 Å². The van der Waals surface area contributed by atoms with Gasteiger partial charge in [0.15, 0.2) is 5.54 Å². The average Bonchev–Trinajstić information content (AvgIpc) is 3.27. The number of carbonyl (C=O) groups is 1. The number of nitrogens with zero attached hydrogens (tertiary/aromatic N) is 4. The molecule has 0 saturated carbocycles. The first kappa shape index (κ1) is 29.9. The fraction of sp³-hybridized carbons (Fsp3) is 0.500. The number of nitrogens with one attached hydrogen (secondary N) is 2. The Morgan fingerprint density at radius 2 is 1.92 bits per heavy atom. The summed E-state index contributed by atoms with van der Waals surface area (Å²) in [5.41, 5.74) is 15.8. The molecule has 0 unspecified atom stereocenters. The van der Waals surface area contributed by atoms with E-state index in [1.807, 2.05) is 57.2 Å². The number of azide groups is 1. The van der Waals surface area contributed by atoms with Crippen molar-refractivity contribution in [2.45, 2.75) is 64.3 Å². The molecule has 0 saturated heterocycles. The summed E-state index contributed by atoms with van der Waals surface area (Å²) in [5, 5.41) is 12.7. The van der Waals surface area contributed by atoms with Gasteiger partial charge in [0.2, 0.25) is 5.90 Å². The summed E-state index contributed by atoms with van der Waals surface area (Å²) in [6, 6.07) is 14.8. The fourth-order valence-electron chi connectivity index (χ4n) is 4.16. The van der Waals surface area contributed by atoms with Gasteiger partial charge in [-0.2, -0.15) is 0 Å². The van der Waals surface area contributed by atoms with E-state index in [9.17, 15) is 4.79 Å². The van der Waals surface area contributed by atoms with Gasteiger partial charge in [0.1, 0.15) is 11.9 Å². The quantitative estimate of drug-likeness (QED) is 0.0971. The second-order valence-electron chi connectivity index (χ2n) is 9.54. The van der Waals surface area contributed by atoms with Crippen molar-refractivity contribution in [1.29, 1.82) is 0 Å². The van der Waals surface area contributed by atoms with Crippen LogP contribution in [0.2, 0.25) is 0 Å². The van der Waals surface area contributed by atoms with E-state index < -0.39 is 11.6 Å². The number of rotatable bonds is 16. The summed E-state index contributed by atoms with van der Waals surface area (Å²) in [7, 11) is 0. The van der Waals surface area contributed by atoms with E-state index in [1.165, 1.54) is 0 Å². The van der Waals surface area contributed by atoms with Crippen LogP contribution in [0.5, 0.6) is 5.75 Å². The Kier molecular flexibility index (Phi) is 11.6. The van der Waals surface area contributed by atoms with Crippen molar-refractivity contribution < 1.29 is 24.1 Å². The molecule has 39 heavy (non-hydrogen) atoms. The number of hydrogen-bond donors (Lipinski definition) is 3. The highest BCUT2D eigenvalue weighted by molar-refractivity contribution is 6.00. The van der Waals surface area contributed by atoms with Crippen LogP contribution in [0.25, 0.3) is 10.4 Å². The van der Waals surface area contributed by atoms with E-state index in [4.69, 9.17) is 29.8 Å². The third kappa shape index (κ3) is 8.43. The Morgan fingerprint density at radius 1 is 1.18 bits per heavy atom. The summed E-state index contributed by atoms with van der Waals surface area (Å²) in [6.07, 6.45) is 1.10. The number of hydrazine groups is 1. The molecule has 0 aliphatic carbocycles. The number of amides is 1. The number of benzene rings is 2. The van der Waals surface area contributed by atoms with Crippen molar-refractivity contribution in [3.8, 4) is 5.75 Å². The van der Waals surface area contributed by atoms with E-state index in [0.717, 1.165) is 17.5 Å². The van der Waals surface area contributed by atoms with Gasteiger partial charge in [-0.25, -0.2) is 10.4 Å². The first-order valence-corrected chi connectivity index (χ1v) is 13.2. The third-order valence-electron chi connectivity index (χ3n) is 6.31. The number of aliphatic hydroxyl groups is 1. The van der Waals surface area contributed by atoms with Gasteiger partial charge in [-0.15, -0.1) is 0 Å². The van der Waals surface area contributed by atoms with Gasteiger partial charge >= 0.3 is 0 Å². The van der Waals surface area contributed by atoms with Gasteiger partial charge < -0.3 is 19.3 Å². The lowest BCUT2D eigenvalue weighted by molar-refractivity contribution is -0.129. The molecule has 11 heteroatoms. The summed E-state index contributed by atoms with van der Waals surface area (Å²) in [4.78, 5) is 21.5. The maximum Gasteiger partial charge on any atom is 0.266 e. The molecule has 2 aromatic carbocycles. The lowest BCUT2D eigenvalue weighted by Gasteiger charge is -2.29. The molecule has 3 rings (SSSR count). The zero-order chi connectivity index (χ0) is 28.1. The molecule has 1 aliphatic heterocycles. The van der Waals surface area contributed by atoms with E-state index >= 15 is 0 Å². The van der Waals surface area contributed by atoms with Crippen LogP contribution in [-0.2, 0) is 27.2 Å². The Labute approximate surface area is 229 Å². The highest BCUT2D eigenvalue weighted by Gasteiger charge is 2.50. The number of aliphatic hydroxyl groups excluding tert-OH is 1.